The van der Waals surface area contributed by atoms with Crippen molar-refractivity contribution in [1.82, 2.24) is 0 Å². The predicted molar refractivity (Wildman–Crippen MR) is 101 cm³/mol. The van der Waals surface area contributed by atoms with E-state index in [2.05, 4.69) is 10.6 Å². The van der Waals surface area contributed by atoms with Crippen molar-refractivity contribution in [2.75, 3.05) is 23.0 Å². The summed E-state index contributed by atoms with van der Waals surface area (Å²) in [6.07, 6.45) is -3.88. The fraction of sp³-hybridized carbons (Fsp3) is 0.263. The molecule has 1 aliphatic heterocycles. The monoisotopic (exact) mass is 410 g/mol. The Hall–Kier alpha value is -2.68. The van der Waals surface area contributed by atoms with Crippen molar-refractivity contribution in [3.8, 4) is 5.75 Å². The molecule has 2 aromatic carbocycles. The first-order valence-corrected chi connectivity index (χ1v) is 9.48. The number of anilines is 2. The van der Waals surface area contributed by atoms with Gasteiger partial charge in [0.05, 0.1) is 29.3 Å². The van der Waals surface area contributed by atoms with Crippen molar-refractivity contribution in [3.05, 3.63) is 47.5 Å². The average molecular weight is 410 g/mol. The van der Waals surface area contributed by atoms with Crippen LogP contribution in [-0.4, -0.2) is 24.2 Å². The van der Waals surface area contributed by atoms with Gasteiger partial charge in [-0.3, -0.25) is 9.59 Å². The molecule has 0 saturated heterocycles. The summed E-state index contributed by atoms with van der Waals surface area (Å²) in [4.78, 5) is 24.9. The van der Waals surface area contributed by atoms with E-state index in [9.17, 15) is 22.8 Å². The molecule has 5 nitrogen and oxygen atoms in total. The van der Waals surface area contributed by atoms with Gasteiger partial charge in [0.2, 0.25) is 5.91 Å². The predicted octanol–water partition coefficient (Wildman–Crippen LogP) is 4.79. The first-order chi connectivity index (χ1) is 13.3. The Morgan fingerprint density at radius 3 is 2.75 bits per heavy atom. The number of fused-ring (bicyclic) bond motifs is 1. The first kappa shape index (κ1) is 20.1. The van der Waals surface area contributed by atoms with Gasteiger partial charge in [0, 0.05) is 10.5 Å². The molecule has 3 rings (SSSR count). The number of hydrogen-bond donors (Lipinski definition) is 2. The highest BCUT2D eigenvalue weighted by Crippen LogP contribution is 2.36. The molecule has 0 saturated carbocycles. The maximum absolute atomic E-state index is 13.0. The molecule has 1 aliphatic rings. The molecule has 0 atom stereocenters. The number of carbonyl (C=O) groups excluding carboxylic acids is 2. The molecule has 0 spiro atoms. The van der Waals surface area contributed by atoms with Crippen LogP contribution in [0.1, 0.15) is 29.3 Å². The molecular weight excluding hydrogens is 393 g/mol. The van der Waals surface area contributed by atoms with Crippen LogP contribution in [0.3, 0.4) is 0 Å². The molecule has 9 heteroatoms. The van der Waals surface area contributed by atoms with Crippen LogP contribution in [0.4, 0.5) is 24.5 Å². The first-order valence-electron chi connectivity index (χ1n) is 8.50. The molecular formula is C19H17F3N2O3S. The van der Waals surface area contributed by atoms with Gasteiger partial charge in [-0.1, -0.05) is 6.92 Å². The van der Waals surface area contributed by atoms with Crippen LogP contribution in [0.25, 0.3) is 0 Å². The smallest absolute Gasteiger partial charge is 0.416 e. The second kappa shape index (κ2) is 8.14. The van der Waals surface area contributed by atoms with E-state index >= 15 is 0 Å². The zero-order valence-corrected chi connectivity index (χ0v) is 15.7. The van der Waals surface area contributed by atoms with Gasteiger partial charge in [-0.2, -0.15) is 13.2 Å². The lowest BCUT2D eigenvalue weighted by atomic mass is 10.1. The highest BCUT2D eigenvalue weighted by atomic mass is 32.2. The highest BCUT2D eigenvalue weighted by molar-refractivity contribution is 8.00. The minimum Gasteiger partial charge on any atom is -0.491 e. The Morgan fingerprint density at radius 1 is 1.25 bits per heavy atom. The summed E-state index contributed by atoms with van der Waals surface area (Å²) >= 11 is 1.35. The van der Waals surface area contributed by atoms with E-state index in [1.807, 2.05) is 6.92 Å². The summed E-state index contributed by atoms with van der Waals surface area (Å²) < 4.78 is 44.6. The van der Waals surface area contributed by atoms with Crippen LogP contribution in [0.5, 0.6) is 5.75 Å². The summed E-state index contributed by atoms with van der Waals surface area (Å²) in [6.45, 7) is 2.16. The lowest BCUT2D eigenvalue weighted by Crippen LogP contribution is -2.20. The molecule has 148 valence electrons. The molecule has 2 N–H and O–H groups in total. The van der Waals surface area contributed by atoms with Gasteiger partial charge in [0.1, 0.15) is 5.75 Å². The largest absolute Gasteiger partial charge is 0.491 e. The fourth-order valence-electron chi connectivity index (χ4n) is 2.56. The Labute approximate surface area is 163 Å². The van der Waals surface area contributed by atoms with E-state index in [0.717, 1.165) is 17.0 Å². The van der Waals surface area contributed by atoms with Crippen molar-refractivity contribution in [2.45, 2.75) is 24.4 Å². The average Bonchev–Trinajstić information content (AvgIpc) is 2.65. The Balaban J connectivity index is 1.88. The molecule has 0 radical (unpaired) electrons. The minimum atomic E-state index is -4.55. The summed E-state index contributed by atoms with van der Waals surface area (Å²) in [6, 6.07) is 7.69. The van der Waals surface area contributed by atoms with Gasteiger partial charge in [0.15, 0.2) is 0 Å². The van der Waals surface area contributed by atoms with Crippen LogP contribution in [0.2, 0.25) is 0 Å². The van der Waals surface area contributed by atoms with E-state index in [1.54, 1.807) is 12.1 Å². The number of halogens is 3. The van der Waals surface area contributed by atoms with E-state index in [0.29, 0.717) is 24.5 Å². The highest BCUT2D eigenvalue weighted by Gasteiger charge is 2.31. The van der Waals surface area contributed by atoms with Gasteiger partial charge >= 0.3 is 6.18 Å². The molecule has 0 bridgehead atoms. The number of alkyl halides is 3. The zero-order valence-electron chi connectivity index (χ0n) is 14.9. The third kappa shape index (κ3) is 4.59. The van der Waals surface area contributed by atoms with Gasteiger partial charge in [-0.05, 0) is 42.8 Å². The molecule has 0 aliphatic carbocycles. The van der Waals surface area contributed by atoms with Crippen molar-refractivity contribution in [3.63, 3.8) is 0 Å². The van der Waals surface area contributed by atoms with Crippen molar-refractivity contribution >= 4 is 35.0 Å². The zero-order chi connectivity index (χ0) is 20.3. The van der Waals surface area contributed by atoms with E-state index in [-0.39, 0.29) is 22.9 Å². The normalized spacial score (nSPS) is 13.5. The standard InChI is InChI=1S/C19H17F3N2O3S/c1-2-7-27-15-5-4-12(19(20,21)22)9-13(15)24-18(26)11-3-6-16-14(8-11)23-17(25)10-28-16/h3-6,8-9H,2,7,10H2,1H3,(H,23,25)(H,24,26). The number of carbonyl (C=O) groups is 2. The lowest BCUT2D eigenvalue weighted by Gasteiger charge is -2.18. The number of nitrogens with one attached hydrogen (secondary N) is 2. The molecule has 2 amide bonds. The van der Waals surface area contributed by atoms with Crippen molar-refractivity contribution in [2.24, 2.45) is 0 Å². The summed E-state index contributed by atoms with van der Waals surface area (Å²) in [5.41, 5.74) is -0.244. The third-order valence-electron chi connectivity index (χ3n) is 3.89. The number of rotatable bonds is 5. The Kier molecular flexibility index (Phi) is 5.83. The molecule has 2 aromatic rings. The Morgan fingerprint density at radius 2 is 2.04 bits per heavy atom. The van der Waals surface area contributed by atoms with E-state index in [4.69, 9.17) is 4.74 Å². The van der Waals surface area contributed by atoms with Gasteiger partial charge in [-0.25, -0.2) is 0 Å². The molecule has 28 heavy (non-hydrogen) atoms. The molecule has 1 heterocycles. The topological polar surface area (TPSA) is 67.4 Å². The summed E-state index contributed by atoms with van der Waals surface area (Å²) in [5.74, 6) is -0.331. The third-order valence-corrected chi connectivity index (χ3v) is 4.96. The Bertz CT molecular complexity index is 916. The fourth-order valence-corrected chi connectivity index (χ4v) is 3.35. The molecule has 0 aromatic heterocycles. The SMILES string of the molecule is CCCOc1ccc(C(F)(F)F)cc1NC(=O)c1ccc2c(c1)NC(=O)CS2. The summed E-state index contributed by atoms with van der Waals surface area (Å²) in [7, 11) is 0. The second-order valence-electron chi connectivity index (χ2n) is 6.06. The summed E-state index contributed by atoms with van der Waals surface area (Å²) in [5, 5.41) is 5.16. The number of thioether (sulfide) groups is 1. The van der Waals surface area contributed by atoms with Gasteiger partial charge in [-0.15, -0.1) is 11.8 Å². The van der Waals surface area contributed by atoms with Gasteiger partial charge in [0.25, 0.3) is 5.91 Å². The van der Waals surface area contributed by atoms with E-state index in [1.165, 1.54) is 23.9 Å². The quantitative estimate of drug-likeness (QED) is 0.744. The number of benzene rings is 2. The number of amides is 2. The maximum Gasteiger partial charge on any atom is 0.416 e. The van der Waals surface area contributed by atoms with Crippen molar-refractivity contribution in [1.29, 1.82) is 0 Å². The van der Waals surface area contributed by atoms with Gasteiger partial charge < -0.3 is 15.4 Å². The van der Waals surface area contributed by atoms with Crippen LogP contribution < -0.4 is 15.4 Å². The van der Waals surface area contributed by atoms with Crippen molar-refractivity contribution < 1.29 is 27.5 Å². The maximum atomic E-state index is 13.0. The minimum absolute atomic E-state index is 0.0654. The van der Waals surface area contributed by atoms with Crippen LogP contribution in [-0.2, 0) is 11.0 Å². The van der Waals surface area contributed by atoms with Crippen LogP contribution in [0.15, 0.2) is 41.3 Å². The molecule has 0 fully saturated rings. The van der Waals surface area contributed by atoms with E-state index < -0.39 is 17.6 Å². The van der Waals surface area contributed by atoms with Crippen LogP contribution >= 0.6 is 11.8 Å². The van der Waals surface area contributed by atoms with Crippen LogP contribution in [0, 0.1) is 0 Å². The number of ether oxygens (including phenoxy) is 1. The number of hydrogen-bond acceptors (Lipinski definition) is 4. The lowest BCUT2D eigenvalue weighted by molar-refractivity contribution is -0.137. The molecule has 0 unspecified atom stereocenters. The second-order valence-corrected chi connectivity index (χ2v) is 7.08.